The van der Waals surface area contributed by atoms with E-state index in [9.17, 15) is 18.0 Å². The Bertz CT molecular complexity index is 599. The van der Waals surface area contributed by atoms with Crippen LogP contribution in [0.15, 0.2) is 29.2 Å². The highest BCUT2D eigenvalue weighted by Gasteiger charge is 2.17. The number of ether oxygens (including phenoxy) is 2. The Morgan fingerprint density at radius 3 is 2.60 bits per heavy atom. The molecule has 0 fully saturated rings. The van der Waals surface area contributed by atoms with Crippen molar-refractivity contribution in [3.8, 4) is 0 Å². The summed E-state index contributed by atoms with van der Waals surface area (Å²) in [4.78, 5) is 24.0. The molecule has 0 heterocycles. The largest absolute Gasteiger partial charge is 0.465 e. The highest BCUT2D eigenvalue weighted by Crippen LogP contribution is 2.11. The molecular weight excluding hydrogens is 288 g/mol. The molecule has 0 spiro atoms. The summed E-state index contributed by atoms with van der Waals surface area (Å²) in [5.74, 6) is -0.666. The number of methoxy groups -OCH3 is 1. The van der Waals surface area contributed by atoms with Gasteiger partial charge in [0, 0.05) is 0 Å². The number of carbonyl (C=O) groups excluding carboxylic acids is 2. The van der Waals surface area contributed by atoms with Crippen molar-refractivity contribution in [2.45, 2.75) is 11.8 Å². The lowest BCUT2D eigenvalue weighted by Gasteiger charge is -2.09. The van der Waals surface area contributed by atoms with Crippen molar-refractivity contribution in [2.24, 2.45) is 0 Å². The van der Waals surface area contributed by atoms with Gasteiger partial charge in [0.1, 0.15) is 0 Å². The van der Waals surface area contributed by atoms with Crippen molar-refractivity contribution in [1.82, 2.24) is 10.3 Å². The van der Waals surface area contributed by atoms with Gasteiger partial charge in [-0.3, -0.25) is 0 Å². The van der Waals surface area contributed by atoms with Crippen molar-refractivity contribution >= 4 is 22.1 Å². The maximum absolute atomic E-state index is 11.9. The molecule has 9 heteroatoms. The lowest BCUT2D eigenvalue weighted by molar-refractivity contribution is 0.0600. The maximum atomic E-state index is 11.9. The van der Waals surface area contributed by atoms with Gasteiger partial charge in [0.05, 0.1) is 24.2 Å². The summed E-state index contributed by atoms with van der Waals surface area (Å²) in [5.41, 5.74) is 1.95. The fourth-order valence-corrected chi connectivity index (χ4v) is 2.12. The first-order valence-corrected chi connectivity index (χ1v) is 7.02. The molecular formula is C11H14N2O6S. The number of hydrazine groups is 1. The molecule has 1 rings (SSSR count). The molecule has 0 atom stereocenters. The first kappa shape index (κ1) is 15.9. The van der Waals surface area contributed by atoms with Gasteiger partial charge in [-0.05, 0) is 25.1 Å². The van der Waals surface area contributed by atoms with Crippen molar-refractivity contribution < 1.29 is 27.5 Å². The van der Waals surface area contributed by atoms with Crippen LogP contribution < -0.4 is 10.3 Å². The second kappa shape index (κ2) is 6.87. The van der Waals surface area contributed by atoms with Gasteiger partial charge in [-0.2, -0.15) is 0 Å². The second-order valence-corrected chi connectivity index (χ2v) is 5.15. The fraction of sp³-hybridized carbons (Fsp3) is 0.273. The normalized spacial score (nSPS) is 10.7. The minimum Gasteiger partial charge on any atom is -0.465 e. The van der Waals surface area contributed by atoms with E-state index in [1.54, 1.807) is 6.92 Å². The molecule has 110 valence electrons. The van der Waals surface area contributed by atoms with Crippen molar-refractivity contribution in [2.75, 3.05) is 13.7 Å². The van der Waals surface area contributed by atoms with Crippen molar-refractivity contribution in [3.63, 3.8) is 0 Å². The van der Waals surface area contributed by atoms with Gasteiger partial charge in [-0.1, -0.05) is 6.07 Å². The number of carbonyl (C=O) groups is 2. The summed E-state index contributed by atoms with van der Waals surface area (Å²) in [5, 5.41) is 0. The lowest BCUT2D eigenvalue weighted by Crippen LogP contribution is -2.41. The monoisotopic (exact) mass is 302 g/mol. The third kappa shape index (κ3) is 4.21. The van der Waals surface area contributed by atoms with Crippen LogP contribution in [-0.4, -0.2) is 34.2 Å². The molecule has 0 saturated heterocycles. The minimum absolute atomic E-state index is 0.0755. The predicted octanol–water partition coefficient (Wildman–Crippen LogP) is 0.413. The van der Waals surface area contributed by atoms with E-state index in [4.69, 9.17) is 0 Å². The Morgan fingerprint density at radius 1 is 1.30 bits per heavy atom. The SMILES string of the molecule is CCOC(=O)NNS(=O)(=O)c1cccc(C(=O)OC)c1. The molecule has 0 unspecified atom stereocenters. The Morgan fingerprint density at radius 2 is 2.00 bits per heavy atom. The van der Waals surface area contributed by atoms with Crippen molar-refractivity contribution in [1.29, 1.82) is 0 Å². The van der Waals surface area contributed by atoms with Crippen molar-refractivity contribution in [3.05, 3.63) is 29.8 Å². The number of rotatable bonds is 5. The van der Waals surface area contributed by atoms with E-state index in [-0.39, 0.29) is 17.1 Å². The molecule has 1 amide bonds. The van der Waals surface area contributed by atoms with Gasteiger partial charge in [-0.15, -0.1) is 4.83 Å². The van der Waals surface area contributed by atoms with Crippen LogP contribution in [-0.2, 0) is 19.5 Å². The average molecular weight is 302 g/mol. The third-order valence-electron chi connectivity index (χ3n) is 2.13. The van der Waals surface area contributed by atoms with Gasteiger partial charge in [0.15, 0.2) is 0 Å². The molecule has 1 aromatic rings. The van der Waals surface area contributed by atoms with E-state index in [2.05, 4.69) is 9.47 Å². The number of hydrogen-bond donors (Lipinski definition) is 2. The minimum atomic E-state index is -4.01. The smallest absolute Gasteiger partial charge is 0.422 e. The Kier molecular flexibility index (Phi) is 5.47. The maximum Gasteiger partial charge on any atom is 0.422 e. The van der Waals surface area contributed by atoms with Gasteiger partial charge >= 0.3 is 12.1 Å². The molecule has 0 aliphatic heterocycles. The molecule has 0 radical (unpaired) electrons. The second-order valence-electron chi connectivity index (χ2n) is 3.47. The molecule has 0 aliphatic rings. The number of hydrogen-bond acceptors (Lipinski definition) is 6. The van der Waals surface area contributed by atoms with Crippen LogP contribution in [0.3, 0.4) is 0 Å². The zero-order valence-electron chi connectivity index (χ0n) is 10.9. The Hall–Kier alpha value is -2.13. The molecule has 1 aromatic carbocycles. The van der Waals surface area contributed by atoms with Crippen LogP contribution in [0.5, 0.6) is 0 Å². The van der Waals surface area contributed by atoms with Crippen LogP contribution in [0.25, 0.3) is 0 Å². The van der Waals surface area contributed by atoms with E-state index < -0.39 is 22.1 Å². The van der Waals surface area contributed by atoms with E-state index >= 15 is 0 Å². The molecule has 2 N–H and O–H groups in total. The summed E-state index contributed by atoms with van der Waals surface area (Å²) in [6.45, 7) is 1.68. The molecule has 20 heavy (non-hydrogen) atoms. The average Bonchev–Trinajstić information content (AvgIpc) is 2.45. The predicted molar refractivity (Wildman–Crippen MR) is 68.3 cm³/mol. The van der Waals surface area contributed by atoms with Crippen LogP contribution >= 0.6 is 0 Å². The molecule has 0 bridgehead atoms. The highest BCUT2D eigenvalue weighted by atomic mass is 32.2. The van der Waals surface area contributed by atoms with E-state index in [0.29, 0.717) is 0 Å². The fourth-order valence-electron chi connectivity index (χ4n) is 1.24. The van der Waals surface area contributed by atoms with Crippen LogP contribution in [0.2, 0.25) is 0 Å². The molecule has 0 aliphatic carbocycles. The third-order valence-corrected chi connectivity index (χ3v) is 3.37. The van der Waals surface area contributed by atoms with Crippen LogP contribution in [0.1, 0.15) is 17.3 Å². The summed E-state index contributed by atoms with van der Waals surface area (Å²) in [6.07, 6.45) is -0.930. The first-order valence-electron chi connectivity index (χ1n) is 5.53. The van der Waals surface area contributed by atoms with Gasteiger partial charge in [0.2, 0.25) is 0 Å². The topological polar surface area (TPSA) is 111 Å². The van der Waals surface area contributed by atoms with Gasteiger partial charge in [0.25, 0.3) is 10.0 Å². The van der Waals surface area contributed by atoms with Crippen LogP contribution in [0.4, 0.5) is 4.79 Å². The standard InChI is InChI=1S/C11H14N2O6S/c1-3-19-11(15)12-13-20(16,17)9-6-4-5-8(7-9)10(14)18-2/h4-7,13H,3H2,1-2H3,(H,12,15). The zero-order chi connectivity index (χ0) is 15.2. The summed E-state index contributed by atoms with van der Waals surface area (Å²) < 4.78 is 32.7. The first-order chi connectivity index (χ1) is 9.40. The summed E-state index contributed by atoms with van der Waals surface area (Å²) >= 11 is 0. The van der Waals surface area contributed by atoms with E-state index in [1.807, 2.05) is 10.3 Å². The summed E-state index contributed by atoms with van der Waals surface area (Å²) in [7, 11) is -2.82. The van der Waals surface area contributed by atoms with Crippen LogP contribution in [0, 0.1) is 0 Å². The Balaban J connectivity index is 2.87. The number of benzene rings is 1. The van der Waals surface area contributed by atoms with Gasteiger partial charge in [-0.25, -0.2) is 23.4 Å². The lowest BCUT2D eigenvalue weighted by atomic mass is 10.2. The molecule has 8 nitrogen and oxygen atoms in total. The number of nitrogens with one attached hydrogen (secondary N) is 2. The molecule has 0 aromatic heterocycles. The number of sulfonamides is 1. The highest BCUT2D eigenvalue weighted by molar-refractivity contribution is 7.89. The van der Waals surface area contributed by atoms with E-state index in [0.717, 1.165) is 6.07 Å². The Labute approximate surface area is 116 Å². The van der Waals surface area contributed by atoms with Gasteiger partial charge < -0.3 is 9.47 Å². The summed E-state index contributed by atoms with van der Waals surface area (Å²) in [6, 6.07) is 5.18. The quantitative estimate of drug-likeness (QED) is 0.602. The van der Waals surface area contributed by atoms with E-state index in [1.165, 1.54) is 25.3 Å². The molecule has 0 saturated carbocycles. The number of esters is 1. The zero-order valence-corrected chi connectivity index (χ0v) is 11.7. The number of amides is 1.